The van der Waals surface area contributed by atoms with E-state index in [1.54, 1.807) is 6.07 Å². The van der Waals surface area contributed by atoms with Crippen LogP contribution in [-0.4, -0.2) is 27.5 Å². The molecule has 22 heavy (non-hydrogen) atoms. The van der Waals surface area contributed by atoms with Crippen LogP contribution in [0.15, 0.2) is 15.0 Å². The molecule has 2 aromatic heterocycles. The first kappa shape index (κ1) is 13.5. The van der Waals surface area contributed by atoms with Crippen molar-refractivity contribution in [3.05, 3.63) is 34.9 Å². The van der Waals surface area contributed by atoms with E-state index >= 15 is 0 Å². The SMILES string of the molecule is Cc1cc(C(=O)N2CCCC2c2noc(C3CC3)n2)c(C)o1. The number of amides is 1. The van der Waals surface area contributed by atoms with Gasteiger partial charge in [0.2, 0.25) is 5.89 Å². The number of rotatable bonds is 3. The standard InChI is InChI=1S/C16H19N3O3/c1-9-8-12(10(2)21-9)16(20)19-7-3-4-13(19)14-17-15(22-18-14)11-5-6-11/h8,11,13H,3-7H2,1-2H3. The van der Waals surface area contributed by atoms with Crippen molar-refractivity contribution in [2.75, 3.05) is 6.54 Å². The van der Waals surface area contributed by atoms with Gasteiger partial charge in [-0.25, -0.2) is 0 Å². The van der Waals surface area contributed by atoms with Crippen LogP contribution in [-0.2, 0) is 0 Å². The Morgan fingerprint density at radius 1 is 1.32 bits per heavy atom. The number of nitrogens with zero attached hydrogens (tertiary/aromatic N) is 3. The van der Waals surface area contributed by atoms with Crippen molar-refractivity contribution in [2.24, 2.45) is 0 Å². The molecule has 1 saturated carbocycles. The Bertz CT molecular complexity index is 714. The number of aromatic nitrogens is 2. The van der Waals surface area contributed by atoms with Gasteiger partial charge in [0.05, 0.1) is 11.6 Å². The van der Waals surface area contributed by atoms with Crippen LogP contribution in [0.2, 0.25) is 0 Å². The third-order valence-corrected chi connectivity index (χ3v) is 4.47. The summed E-state index contributed by atoms with van der Waals surface area (Å²) in [6.07, 6.45) is 4.09. The van der Waals surface area contributed by atoms with Gasteiger partial charge in [-0.15, -0.1) is 0 Å². The Kier molecular flexibility index (Phi) is 3.06. The normalized spacial score (nSPS) is 21.5. The highest BCUT2D eigenvalue weighted by molar-refractivity contribution is 5.95. The number of likely N-dealkylation sites (tertiary alicyclic amines) is 1. The molecule has 1 saturated heterocycles. The van der Waals surface area contributed by atoms with Crippen LogP contribution in [0.5, 0.6) is 0 Å². The van der Waals surface area contributed by atoms with Gasteiger partial charge in [0.15, 0.2) is 5.82 Å². The smallest absolute Gasteiger partial charge is 0.258 e. The molecule has 0 bridgehead atoms. The summed E-state index contributed by atoms with van der Waals surface area (Å²) in [5.74, 6) is 3.22. The monoisotopic (exact) mass is 301 g/mol. The number of hydrogen-bond acceptors (Lipinski definition) is 5. The summed E-state index contributed by atoms with van der Waals surface area (Å²) in [4.78, 5) is 19.2. The van der Waals surface area contributed by atoms with E-state index in [1.807, 2.05) is 18.7 Å². The van der Waals surface area contributed by atoms with Gasteiger partial charge in [-0.3, -0.25) is 4.79 Å². The van der Waals surface area contributed by atoms with Gasteiger partial charge < -0.3 is 13.8 Å². The molecule has 1 amide bonds. The minimum atomic E-state index is -0.0849. The zero-order chi connectivity index (χ0) is 15.3. The van der Waals surface area contributed by atoms with Crippen molar-refractivity contribution in [1.82, 2.24) is 15.0 Å². The first-order valence-corrected chi connectivity index (χ1v) is 7.85. The van der Waals surface area contributed by atoms with Gasteiger partial charge in [0.1, 0.15) is 11.5 Å². The molecule has 6 heteroatoms. The van der Waals surface area contributed by atoms with E-state index in [0.717, 1.165) is 43.9 Å². The van der Waals surface area contributed by atoms with Gasteiger partial charge in [-0.05, 0) is 45.6 Å². The van der Waals surface area contributed by atoms with E-state index in [9.17, 15) is 4.79 Å². The Hall–Kier alpha value is -2.11. The molecule has 2 aromatic rings. The zero-order valence-electron chi connectivity index (χ0n) is 12.8. The van der Waals surface area contributed by atoms with E-state index in [1.165, 1.54) is 0 Å². The summed E-state index contributed by atoms with van der Waals surface area (Å²) in [6, 6.07) is 1.72. The highest BCUT2D eigenvalue weighted by Crippen LogP contribution is 2.40. The number of carbonyl (C=O) groups is 1. The van der Waals surface area contributed by atoms with Gasteiger partial charge in [-0.2, -0.15) is 4.98 Å². The zero-order valence-corrected chi connectivity index (χ0v) is 12.8. The van der Waals surface area contributed by atoms with E-state index in [-0.39, 0.29) is 11.9 Å². The molecule has 2 aliphatic rings. The summed E-state index contributed by atoms with van der Waals surface area (Å²) in [5, 5.41) is 4.11. The molecule has 0 N–H and O–H groups in total. The van der Waals surface area contributed by atoms with Crippen molar-refractivity contribution in [3.8, 4) is 0 Å². The highest BCUT2D eigenvalue weighted by Gasteiger charge is 2.37. The molecule has 1 aliphatic heterocycles. The van der Waals surface area contributed by atoms with Crippen LogP contribution in [0.25, 0.3) is 0 Å². The lowest BCUT2D eigenvalue weighted by Crippen LogP contribution is -2.31. The fourth-order valence-corrected chi connectivity index (χ4v) is 3.15. The van der Waals surface area contributed by atoms with Crippen molar-refractivity contribution in [2.45, 2.75) is 51.5 Å². The molecule has 0 aromatic carbocycles. The van der Waals surface area contributed by atoms with Crippen molar-refractivity contribution < 1.29 is 13.7 Å². The molecule has 116 valence electrons. The number of carbonyl (C=O) groups excluding carboxylic acids is 1. The lowest BCUT2D eigenvalue weighted by molar-refractivity contribution is 0.0726. The molecule has 3 heterocycles. The Labute approximate surface area is 128 Å². The van der Waals surface area contributed by atoms with Crippen molar-refractivity contribution in [3.63, 3.8) is 0 Å². The maximum atomic E-state index is 12.8. The van der Waals surface area contributed by atoms with E-state index in [0.29, 0.717) is 23.1 Å². The summed E-state index contributed by atoms with van der Waals surface area (Å²) >= 11 is 0. The summed E-state index contributed by atoms with van der Waals surface area (Å²) in [6.45, 7) is 4.40. The number of aryl methyl sites for hydroxylation is 2. The number of hydrogen-bond donors (Lipinski definition) is 0. The fraction of sp³-hybridized carbons (Fsp3) is 0.562. The molecular weight excluding hydrogens is 282 g/mol. The molecule has 6 nitrogen and oxygen atoms in total. The molecule has 1 aliphatic carbocycles. The Morgan fingerprint density at radius 3 is 2.82 bits per heavy atom. The molecular formula is C16H19N3O3. The number of furan rings is 1. The average Bonchev–Trinajstić information content (AvgIpc) is 2.92. The third-order valence-electron chi connectivity index (χ3n) is 4.47. The second-order valence-electron chi connectivity index (χ2n) is 6.25. The van der Waals surface area contributed by atoms with Gasteiger partial charge in [0, 0.05) is 12.5 Å². The van der Waals surface area contributed by atoms with E-state index in [2.05, 4.69) is 10.1 Å². The maximum Gasteiger partial charge on any atom is 0.258 e. The minimum absolute atomic E-state index is 0.00498. The lowest BCUT2D eigenvalue weighted by Gasteiger charge is -2.21. The third kappa shape index (κ3) is 2.23. The van der Waals surface area contributed by atoms with Crippen LogP contribution < -0.4 is 0 Å². The van der Waals surface area contributed by atoms with Crippen LogP contribution in [0, 0.1) is 13.8 Å². The Balaban J connectivity index is 1.59. The maximum absolute atomic E-state index is 12.8. The first-order valence-electron chi connectivity index (χ1n) is 7.85. The first-order chi connectivity index (χ1) is 10.6. The predicted molar refractivity (Wildman–Crippen MR) is 77.5 cm³/mol. The molecule has 4 rings (SSSR count). The van der Waals surface area contributed by atoms with Crippen molar-refractivity contribution in [1.29, 1.82) is 0 Å². The van der Waals surface area contributed by atoms with Crippen LogP contribution in [0.4, 0.5) is 0 Å². The van der Waals surface area contributed by atoms with Crippen LogP contribution >= 0.6 is 0 Å². The quantitative estimate of drug-likeness (QED) is 0.871. The highest BCUT2D eigenvalue weighted by atomic mass is 16.5. The molecule has 0 spiro atoms. The molecule has 0 radical (unpaired) electrons. The van der Waals surface area contributed by atoms with Crippen molar-refractivity contribution >= 4 is 5.91 Å². The molecule has 2 fully saturated rings. The Morgan fingerprint density at radius 2 is 2.14 bits per heavy atom. The second-order valence-corrected chi connectivity index (χ2v) is 6.25. The van der Waals surface area contributed by atoms with Crippen LogP contribution in [0.1, 0.15) is 71.2 Å². The topological polar surface area (TPSA) is 72.4 Å². The van der Waals surface area contributed by atoms with Crippen LogP contribution in [0.3, 0.4) is 0 Å². The molecule has 1 atom stereocenters. The van der Waals surface area contributed by atoms with E-state index < -0.39 is 0 Å². The summed E-state index contributed by atoms with van der Waals surface area (Å²) in [7, 11) is 0. The summed E-state index contributed by atoms with van der Waals surface area (Å²) < 4.78 is 10.8. The average molecular weight is 301 g/mol. The van der Waals surface area contributed by atoms with E-state index in [4.69, 9.17) is 8.94 Å². The largest absolute Gasteiger partial charge is 0.466 e. The minimum Gasteiger partial charge on any atom is -0.466 e. The predicted octanol–water partition coefficient (Wildman–Crippen LogP) is 3.13. The lowest BCUT2D eigenvalue weighted by atomic mass is 10.1. The fourth-order valence-electron chi connectivity index (χ4n) is 3.15. The van der Waals surface area contributed by atoms with Gasteiger partial charge >= 0.3 is 0 Å². The van der Waals surface area contributed by atoms with Gasteiger partial charge in [-0.1, -0.05) is 5.16 Å². The second kappa shape index (κ2) is 4.97. The van der Waals surface area contributed by atoms with Gasteiger partial charge in [0.25, 0.3) is 5.91 Å². The molecule has 1 unspecified atom stereocenters. The summed E-state index contributed by atoms with van der Waals surface area (Å²) in [5.41, 5.74) is 0.635.